The molecule has 0 heterocycles. The summed E-state index contributed by atoms with van der Waals surface area (Å²) in [5.74, 6) is -0.325. The van der Waals surface area contributed by atoms with Crippen molar-refractivity contribution in [3.8, 4) is 5.75 Å². The molecule has 1 amide bonds. The zero-order chi connectivity index (χ0) is 16.8. The van der Waals surface area contributed by atoms with Crippen molar-refractivity contribution in [3.05, 3.63) is 63.4 Å². The minimum Gasteiger partial charge on any atom is -0.497 e. The van der Waals surface area contributed by atoms with Gasteiger partial charge in [-0.2, -0.15) is 5.10 Å². The molecule has 0 aromatic heterocycles. The van der Waals surface area contributed by atoms with Crippen LogP contribution in [-0.2, 0) is 11.2 Å². The molecule has 0 aliphatic heterocycles. The average Bonchev–Trinajstić information content (AvgIpc) is 2.52. The Kier molecular flexibility index (Phi) is 5.96. The van der Waals surface area contributed by atoms with Gasteiger partial charge in [-0.1, -0.05) is 29.3 Å². The number of rotatable bonds is 5. The van der Waals surface area contributed by atoms with Crippen LogP contribution < -0.4 is 10.2 Å². The van der Waals surface area contributed by atoms with Crippen LogP contribution in [0.3, 0.4) is 0 Å². The van der Waals surface area contributed by atoms with E-state index < -0.39 is 11.7 Å². The molecular formula is C16H13Cl2FN2O2. The summed E-state index contributed by atoms with van der Waals surface area (Å²) < 4.78 is 18.6. The van der Waals surface area contributed by atoms with E-state index in [0.717, 1.165) is 6.21 Å². The van der Waals surface area contributed by atoms with Crippen LogP contribution in [0, 0.1) is 5.82 Å². The molecule has 0 saturated carbocycles. The number of ether oxygens (including phenoxy) is 1. The molecule has 0 bridgehead atoms. The lowest BCUT2D eigenvalue weighted by atomic mass is 10.1. The van der Waals surface area contributed by atoms with Gasteiger partial charge in [-0.3, -0.25) is 4.79 Å². The van der Waals surface area contributed by atoms with Gasteiger partial charge in [0, 0.05) is 10.6 Å². The third-order valence-electron chi connectivity index (χ3n) is 2.99. The highest BCUT2D eigenvalue weighted by molar-refractivity contribution is 6.33. The molecule has 0 unspecified atom stereocenters. The minimum absolute atomic E-state index is 0.0123. The van der Waals surface area contributed by atoms with Gasteiger partial charge in [-0.15, -0.1) is 0 Å². The van der Waals surface area contributed by atoms with Crippen LogP contribution in [0.15, 0.2) is 41.5 Å². The van der Waals surface area contributed by atoms with Crippen molar-refractivity contribution in [2.24, 2.45) is 5.10 Å². The number of amides is 1. The first-order chi connectivity index (χ1) is 11.0. The predicted molar refractivity (Wildman–Crippen MR) is 88.9 cm³/mol. The highest BCUT2D eigenvalue weighted by atomic mass is 35.5. The monoisotopic (exact) mass is 354 g/mol. The Morgan fingerprint density at radius 3 is 2.78 bits per heavy atom. The molecule has 0 aliphatic rings. The fraction of sp³-hybridized carbons (Fsp3) is 0.125. The number of halogens is 3. The molecule has 120 valence electrons. The second-order valence-corrected chi connectivity index (χ2v) is 5.38. The quantitative estimate of drug-likeness (QED) is 0.655. The summed E-state index contributed by atoms with van der Waals surface area (Å²) in [7, 11) is 1.52. The molecule has 0 saturated heterocycles. The SMILES string of the molecule is COc1ccc(Cl)c(CC(=O)N/N=C/c2c(F)cccc2Cl)c1. The summed E-state index contributed by atoms with van der Waals surface area (Å²) >= 11 is 11.9. The maximum atomic E-state index is 13.5. The van der Waals surface area contributed by atoms with E-state index >= 15 is 0 Å². The Labute approximate surface area is 142 Å². The fourth-order valence-corrected chi connectivity index (χ4v) is 2.23. The number of methoxy groups -OCH3 is 1. The molecule has 23 heavy (non-hydrogen) atoms. The number of hydrogen-bond donors (Lipinski definition) is 1. The van der Waals surface area contributed by atoms with Gasteiger partial charge >= 0.3 is 0 Å². The van der Waals surface area contributed by atoms with Gasteiger partial charge in [0.1, 0.15) is 11.6 Å². The lowest BCUT2D eigenvalue weighted by Crippen LogP contribution is -2.20. The molecule has 2 aromatic carbocycles. The molecule has 7 heteroatoms. The third-order valence-corrected chi connectivity index (χ3v) is 3.68. The van der Waals surface area contributed by atoms with Crippen LogP contribution in [0.5, 0.6) is 5.75 Å². The highest BCUT2D eigenvalue weighted by Gasteiger charge is 2.08. The van der Waals surface area contributed by atoms with Gasteiger partial charge < -0.3 is 4.74 Å². The zero-order valence-electron chi connectivity index (χ0n) is 12.1. The van der Waals surface area contributed by atoms with Gasteiger partial charge in [0.25, 0.3) is 0 Å². The second-order valence-electron chi connectivity index (χ2n) is 4.56. The summed E-state index contributed by atoms with van der Waals surface area (Å²) in [6.45, 7) is 0. The van der Waals surface area contributed by atoms with Gasteiger partial charge in [0.05, 0.1) is 24.8 Å². The zero-order valence-corrected chi connectivity index (χ0v) is 13.7. The Morgan fingerprint density at radius 1 is 1.30 bits per heavy atom. The van der Waals surface area contributed by atoms with Gasteiger partial charge in [-0.25, -0.2) is 9.82 Å². The molecule has 2 rings (SSSR count). The molecule has 0 atom stereocenters. The Balaban J connectivity index is 2.02. The topological polar surface area (TPSA) is 50.7 Å². The third kappa shape index (κ3) is 4.68. The summed E-state index contributed by atoms with van der Waals surface area (Å²) in [6, 6.07) is 9.28. The highest BCUT2D eigenvalue weighted by Crippen LogP contribution is 2.22. The maximum Gasteiger partial charge on any atom is 0.244 e. The molecule has 0 fully saturated rings. The number of nitrogens with one attached hydrogen (secondary N) is 1. The van der Waals surface area contributed by atoms with E-state index in [1.54, 1.807) is 18.2 Å². The molecular weight excluding hydrogens is 342 g/mol. The summed E-state index contributed by atoms with van der Waals surface area (Å²) in [4.78, 5) is 11.9. The van der Waals surface area contributed by atoms with Gasteiger partial charge in [0.15, 0.2) is 0 Å². The fourth-order valence-electron chi connectivity index (χ4n) is 1.83. The van der Waals surface area contributed by atoms with E-state index in [0.29, 0.717) is 16.3 Å². The van der Waals surface area contributed by atoms with Crippen LogP contribution in [0.2, 0.25) is 10.0 Å². The van der Waals surface area contributed by atoms with Crippen LogP contribution in [-0.4, -0.2) is 19.2 Å². The van der Waals surface area contributed by atoms with E-state index in [4.69, 9.17) is 27.9 Å². The van der Waals surface area contributed by atoms with Crippen LogP contribution in [0.1, 0.15) is 11.1 Å². The Morgan fingerprint density at radius 2 is 2.09 bits per heavy atom. The van der Waals surface area contributed by atoms with Crippen LogP contribution >= 0.6 is 23.2 Å². The molecule has 4 nitrogen and oxygen atoms in total. The van der Waals surface area contributed by atoms with Crippen molar-refractivity contribution in [1.82, 2.24) is 5.43 Å². The first kappa shape index (κ1) is 17.2. The van der Waals surface area contributed by atoms with Crippen LogP contribution in [0.25, 0.3) is 0 Å². The van der Waals surface area contributed by atoms with Crippen molar-refractivity contribution in [2.45, 2.75) is 6.42 Å². The molecule has 0 aliphatic carbocycles. The second kappa shape index (κ2) is 7.94. The van der Waals surface area contributed by atoms with Gasteiger partial charge in [0.2, 0.25) is 5.91 Å². The largest absolute Gasteiger partial charge is 0.497 e. The average molecular weight is 355 g/mol. The lowest BCUT2D eigenvalue weighted by molar-refractivity contribution is -0.120. The predicted octanol–water partition coefficient (Wildman–Crippen LogP) is 3.83. The summed E-state index contributed by atoms with van der Waals surface area (Å²) in [5, 5.41) is 4.36. The lowest BCUT2D eigenvalue weighted by Gasteiger charge is -2.06. The van der Waals surface area contributed by atoms with E-state index in [1.165, 1.54) is 25.3 Å². The normalized spacial score (nSPS) is 10.8. The van der Waals surface area contributed by atoms with Crippen molar-refractivity contribution in [2.75, 3.05) is 7.11 Å². The number of carbonyl (C=O) groups is 1. The molecule has 1 N–H and O–H groups in total. The van der Waals surface area contributed by atoms with E-state index in [1.807, 2.05) is 0 Å². The number of nitrogens with zero attached hydrogens (tertiary/aromatic N) is 1. The first-order valence-corrected chi connectivity index (χ1v) is 7.35. The van der Waals surface area contributed by atoms with Gasteiger partial charge in [-0.05, 0) is 35.9 Å². The minimum atomic E-state index is -0.522. The summed E-state index contributed by atoms with van der Waals surface area (Å²) in [5.41, 5.74) is 3.01. The Hall–Kier alpha value is -2.11. The number of hydrazone groups is 1. The number of hydrogen-bond acceptors (Lipinski definition) is 3. The van der Waals surface area contributed by atoms with Crippen molar-refractivity contribution in [1.29, 1.82) is 0 Å². The van der Waals surface area contributed by atoms with Crippen molar-refractivity contribution in [3.63, 3.8) is 0 Å². The number of benzene rings is 2. The molecule has 0 spiro atoms. The van der Waals surface area contributed by atoms with E-state index in [9.17, 15) is 9.18 Å². The van der Waals surface area contributed by atoms with E-state index in [-0.39, 0.29) is 17.0 Å². The van der Waals surface area contributed by atoms with E-state index in [2.05, 4.69) is 10.5 Å². The Bertz CT molecular complexity index is 731. The van der Waals surface area contributed by atoms with Crippen LogP contribution in [0.4, 0.5) is 4.39 Å². The molecule has 0 radical (unpaired) electrons. The first-order valence-electron chi connectivity index (χ1n) is 6.59. The summed E-state index contributed by atoms with van der Waals surface area (Å²) in [6.07, 6.45) is 1.17. The smallest absolute Gasteiger partial charge is 0.244 e. The van der Waals surface area contributed by atoms with Crippen molar-refractivity contribution >= 4 is 35.3 Å². The van der Waals surface area contributed by atoms with Crippen molar-refractivity contribution < 1.29 is 13.9 Å². The standard InChI is InChI=1S/C16H13Cl2FN2O2/c1-23-11-5-6-13(17)10(7-11)8-16(22)21-20-9-12-14(18)3-2-4-15(12)19/h2-7,9H,8H2,1H3,(H,21,22)/b20-9+. The maximum absolute atomic E-state index is 13.5. The molecule has 2 aromatic rings. The number of carbonyl (C=O) groups excluding carboxylic acids is 1.